The van der Waals surface area contributed by atoms with Crippen molar-refractivity contribution in [2.75, 3.05) is 23.2 Å². The summed E-state index contributed by atoms with van der Waals surface area (Å²) in [6.45, 7) is 6.20. The van der Waals surface area contributed by atoms with Gasteiger partial charge in [0.2, 0.25) is 0 Å². The summed E-state index contributed by atoms with van der Waals surface area (Å²) in [7, 11) is 0. The van der Waals surface area contributed by atoms with E-state index in [1.807, 2.05) is 0 Å². The van der Waals surface area contributed by atoms with Crippen LogP contribution in [0.5, 0.6) is 0 Å². The standard InChI is InChI=1S/2C19H39O.2H2N.Pt/c2*1-3-4-5-6-7-8-9-10-11-12-13-14-15-16-17-18-19-20-2;;;/h2*2-19H2,1H3;2*1H2;/q;;2*-1;+2. The molecule has 0 aliphatic rings. The molecule has 5 heteroatoms. The molecule has 0 radical (unpaired) electrons. The minimum atomic E-state index is -2.82. The van der Waals surface area contributed by atoms with Gasteiger partial charge in [0.25, 0.3) is 0 Å². The number of hydrogen-bond acceptors (Lipinski definition) is 4. The zero-order chi connectivity index (χ0) is 31.4. The van der Waals surface area contributed by atoms with E-state index in [1.165, 1.54) is 193 Å². The first-order valence-electron chi connectivity index (χ1n) is 19.4. The van der Waals surface area contributed by atoms with Crippen molar-refractivity contribution < 1.29 is 26.0 Å². The molecule has 43 heavy (non-hydrogen) atoms. The summed E-state index contributed by atoms with van der Waals surface area (Å²) in [5.74, 6) is 0. The molecule has 0 unspecified atom stereocenters. The van der Waals surface area contributed by atoms with E-state index in [1.54, 1.807) is 0 Å². The Morgan fingerprint density at radius 1 is 0.302 bits per heavy atom. The van der Waals surface area contributed by atoms with Crippen LogP contribution in [0.1, 0.15) is 219 Å². The second-order valence-electron chi connectivity index (χ2n) is 13.4. The maximum atomic E-state index is 6.37. The van der Waals surface area contributed by atoms with Crippen LogP contribution in [0.4, 0.5) is 0 Å². The van der Waals surface area contributed by atoms with Gasteiger partial charge in [-0.25, -0.2) is 0 Å². The Morgan fingerprint density at radius 2 is 0.488 bits per heavy atom. The number of rotatable bonds is 38. The molecule has 0 saturated heterocycles. The SMILES string of the molecule is CCCCCCCCCCCCCCCCCCO[CH2][Pt]([NH2])([NH2])[CH2]OCCCCCCCCCCCCCCCCCC. The minimum absolute atomic E-state index is 0.560. The first-order valence-corrected chi connectivity index (χ1v) is 25.2. The van der Waals surface area contributed by atoms with Gasteiger partial charge in [0.15, 0.2) is 0 Å². The third-order valence-electron chi connectivity index (χ3n) is 8.75. The Labute approximate surface area is 276 Å². The van der Waals surface area contributed by atoms with E-state index < -0.39 is 16.6 Å². The summed E-state index contributed by atoms with van der Waals surface area (Å²) in [5.41, 5.74) is 0. The molecule has 0 amide bonds. The minimum Gasteiger partial charge on any atom is -0.0654 e. The number of unbranched alkanes of at least 4 members (excludes halogenated alkanes) is 30. The second-order valence-corrected chi connectivity index (χ2v) is 20.3. The van der Waals surface area contributed by atoms with Crippen molar-refractivity contribution in [1.29, 1.82) is 0 Å². The Hall–Kier alpha value is 0.528. The third kappa shape index (κ3) is 38.6. The van der Waals surface area contributed by atoms with Gasteiger partial charge in [-0.15, -0.1) is 0 Å². The van der Waals surface area contributed by atoms with E-state index in [2.05, 4.69) is 13.8 Å². The van der Waals surface area contributed by atoms with Crippen LogP contribution in [-0.2, 0) is 26.0 Å². The van der Waals surface area contributed by atoms with E-state index in [9.17, 15) is 0 Å². The fraction of sp³-hybridized carbons (Fsp3) is 1.00. The fourth-order valence-corrected chi connectivity index (χ4v) is 8.43. The molecule has 266 valence electrons. The van der Waals surface area contributed by atoms with Crippen LogP contribution in [0.2, 0.25) is 0 Å². The van der Waals surface area contributed by atoms with Crippen LogP contribution in [-0.4, -0.2) is 23.2 Å². The Morgan fingerprint density at radius 3 is 0.698 bits per heavy atom. The van der Waals surface area contributed by atoms with Gasteiger partial charge in [-0.1, -0.05) is 104 Å². The quantitative estimate of drug-likeness (QED) is 0.0611. The van der Waals surface area contributed by atoms with Crippen LogP contribution in [0.25, 0.3) is 0 Å². The molecule has 0 aromatic carbocycles. The summed E-state index contributed by atoms with van der Waals surface area (Å²) in [6, 6.07) is 0. The van der Waals surface area contributed by atoms with E-state index >= 15 is 0 Å². The van der Waals surface area contributed by atoms with Crippen LogP contribution in [0.15, 0.2) is 0 Å². The zero-order valence-electron chi connectivity index (χ0n) is 29.7. The summed E-state index contributed by atoms with van der Waals surface area (Å²) < 4.78 is 24.4. The molecule has 0 aliphatic carbocycles. The first-order chi connectivity index (χ1) is 21.1. The van der Waals surface area contributed by atoms with E-state index in [0.717, 1.165) is 26.1 Å². The average molecular weight is 794 g/mol. The van der Waals surface area contributed by atoms with Gasteiger partial charge in [-0.05, 0) is 0 Å². The monoisotopic (exact) mass is 794 g/mol. The molecule has 0 fully saturated rings. The third-order valence-corrected chi connectivity index (χ3v) is 12.1. The van der Waals surface area contributed by atoms with E-state index in [4.69, 9.17) is 18.1 Å². The van der Waals surface area contributed by atoms with Gasteiger partial charge >= 0.3 is 173 Å². The molecule has 0 saturated carbocycles. The van der Waals surface area contributed by atoms with Crippen LogP contribution < -0.4 is 8.58 Å². The summed E-state index contributed by atoms with van der Waals surface area (Å²) >= 11 is -2.82. The second kappa shape index (κ2) is 37.0. The van der Waals surface area contributed by atoms with Crippen molar-refractivity contribution in [2.45, 2.75) is 219 Å². The predicted octanol–water partition coefficient (Wildman–Crippen LogP) is 12.4. The Kier molecular flexibility index (Phi) is 37.4. The molecule has 0 bridgehead atoms. The van der Waals surface area contributed by atoms with Crippen molar-refractivity contribution in [2.24, 2.45) is 8.58 Å². The average Bonchev–Trinajstić information content (AvgIpc) is 3.00. The molecule has 0 aromatic rings. The normalized spacial score (nSPS) is 12.4. The molecule has 0 aliphatic heterocycles. The number of nitrogens with two attached hydrogens (primary N) is 2. The summed E-state index contributed by atoms with van der Waals surface area (Å²) in [6.07, 6.45) is 44.6. The van der Waals surface area contributed by atoms with Gasteiger partial charge in [0.05, 0.1) is 0 Å². The Balaban J connectivity index is 3.25. The summed E-state index contributed by atoms with van der Waals surface area (Å²) in [5, 5.41) is 0. The van der Waals surface area contributed by atoms with Crippen molar-refractivity contribution in [1.82, 2.24) is 0 Å². The van der Waals surface area contributed by atoms with Crippen molar-refractivity contribution in [3.8, 4) is 0 Å². The Bertz CT molecular complexity index is 464. The molecule has 4 nitrogen and oxygen atoms in total. The van der Waals surface area contributed by atoms with Crippen molar-refractivity contribution in [3.05, 3.63) is 0 Å². The van der Waals surface area contributed by atoms with Gasteiger partial charge in [0.1, 0.15) is 0 Å². The van der Waals surface area contributed by atoms with Gasteiger partial charge in [-0.3, -0.25) is 0 Å². The predicted molar refractivity (Wildman–Crippen MR) is 189 cm³/mol. The molecule has 0 spiro atoms. The van der Waals surface area contributed by atoms with Crippen LogP contribution >= 0.6 is 0 Å². The van der Waals surface area contributed by atoms with Crippen molar-refractivity contribution in [3.63, 3.8) is 0 Å². The smallest absolute Gasteiger partial charge is 0.0654 e. The molecular weight excluding hydrogens is 712 g/mol. The molecule has 0 heterocycles. The molecule has 0 aromatic heterocycles. The maximum absolute atomic E-state index is 6.37. The van der Waals surface area contributed by atoms with Crippen LogP contribution in [0, 0.1) is 0 Å². The first kappa shape index (κ1) is 43.5. The zero-order valence-corrected chi connectivity index (χ0v) is 32.0. The van der Waals surface area contributed by atoms with E-state index in [0.29, 0.717) is 9.99 Å². The van der Waals surface area contributed by atoms with Crippen LogP contribution in [0.3, 0.4) is 0 Å². The van der Waals surface area contributed by atoms with Gasteiger partial charge in [-0.2, -0.15) is 0 Å². The summed E-state index contributed by atoms with van der Waals surface area (Å²) in [4.78, 5) is 1.12. The van der Waals surface area contributed by atoms with Crippen molar-refractivity contribution >= 4 is 0 Å². The molecular formula is C38H82N2O2Pt. The topological polar surface area (TPSA) is 70.5 Å². The van der Waals surface area contributed by atoms with Gasteiger partial charge < -0.3 is 0 Å². The number of ether oxygens (including phenoxy) is 2. The fourth-order valence-electron chi connectivity index (χ4n) is 5.86. The molecule has 0 rings (SSSR count). The molecule has 4 N–H and O–H groups in total. The molecule has 0 atom stereocenters. The van der Waals surface area contributed by atoms with E-state index in [-0.39, 0.29) is 0 Å². The number of hydrogen-bond donors (Lipinski definition) is 2. The van der Waals surface area contributed by atoms with Gasteiger partial charge in [0, 0.05) is 0 Å².